The summed E-state index contributed by atoms with van der Waals surface area (Å²) in [6.07, 6.45) is 3.56. The number of nitrogens with two attached hydrogens (primary N) is 1. The summed E-state index contributed by atoms with van der Waals surface area (Å²) >= 11 is 0. The van der Waals surface area contributed by atoms with Crippen molar-refractivity contribution in [1.82, 2.24) is 0 Å². The highest BCUT2D eigenvalue weighted by molar-refractivity contribution is 5.40. The zero-order valence-electron chi connectivity index (χ0n) is 10.5. The first-order chi connectivity index (χ1) is 8.18. The summed E-state index contributed by atoms with van der Waals surface area (Å²) in [6, 6.07) is 9.23. The summed E-state index contributed by atoms with van der Waals surface area (Å²) in [5, 5.41) is 0. The molecule has 2 aliphatic carbocycles. The number of hydrogen-bond donors (Lipinski definition) is 1. The third kappa shape index (κ3) is 1.83. The average Bonchev–Trinajstić information content (AvgIpc) is 3.02. The smallest absolute Gasteiger partial charge is 0.0113 e. The van der Waals surface area contributed by atoms with Crippen LogP contribution in [0, 0.1) is 11.8 Å². The molecule has 3 rings (SSSR count). The van der Waals surface area contributed by atoms with Crippen LogP contribution >= 0.6 is 0 Å². The van der Waals surface area contributed by atoms with Crippen molar-refractivity contribution in [2.75, 3.05) is 0 Å². The largest absolute Gasteiger partial charge is 0.327 e. The zero-order chi connectivity index (χ0) is 12.0. The minimum absolute atomic E-state index is 0.314. The van der Waals surface area contributed by atoms with Gasteiger partial charge in [0.25, 0.3) is 0 Å². The van der Waals surface area contributed by atoms with E-state index in [9.17, 15) is 0 Å². The highest BCUT2D eigenvalue weighted by atomic mass is 14.7. The van der Waals surface area contributed by atoms with Crippen LogP contribution in [0.25, 0.3) is 0 Å². The van der Waals surface area contributed by atoms with Gasteiger partial charge in [0, 0.05) is 6.04 Å². The lowest BCUT2D eigenvalue weighted by Crippen LogP contribution is -2.24. The molecule has 1 heteroatoms. The Morgan fingerprint density at radius 2 is 2.24 bits per heavy atom. The highest BCUT2D eigenvalue weighted by Gasteiger charge is 2.55. The molecule has 0 aromatic heterocycles. The van der Waals surface area contributed by atoms with Crippen molar-refractivity contribution >= 4 is 0 Å². The first-order valence-electron chi connectivity index (χ1n) is 6.66. The first-order valence-corrected chi connectivity index (χ1v) is 6.66. The molecule has 1 aromatic rings. The lowest BCUT2D eigenvalue weighted by atomic mass is 9.92. The van der Waals surface area contributed by atoms with Crippen molar-refractivity contribution in [2.24, 2.45) is 17.6 Å². The Morgan fingerprint density at radius 3 is 3.00 bits per heavy atom. The van der Waals surface area contributed by atoms with Gasteiger partial charge in [-0.1, -0.05) is 29.8 Å². The standard InChI is InChI=1S/C16H21N/c1-10(2)9-14(17)16-13-8-7-11-5-3-4-6-12(11)15(13)16/h3-6,13-16H,1,7-9,17H2,2H3. The van der Waals surface area contributed by atoms with Crippen LogP contribution in [0.1, 0.15) is 36.8 Å². The molecule has 0 spiro atoms. The number of aryl methyl sites for hydroxylation is 1. The summed E-state index contributed by atoms with van der Waals surface area (Å²) in [7, 11) is 0. The van der Waals surface area contributed by atoms with Crippen molar-refractivity contribution in [3.8, 4) is 0 Å². The van der Waals surface area contributed by atoms with Gasteiger partial charge >= 0.3 is 0 Å². The SMILES string of the molecule is C=C(C)CC(N)C1C2CCc3ccccc3C21. The monoisotopic (exact) mass is 227 g/mol. The molecule has 17 heavy (non-hydrogen) atoms. The van der Waals surface area contributed by atoms with E-state index >= 15 is 0 Å². The minimum atomic E-state index is 0.314. The second-order valence-corrected chi connectivity index (χ2v) is 5.83. The molecule has 4 unspecified atom stereocenters. The van der Waals surface area contributed by atoms with E-state index in [1.54, 1.807) is 11.1 Å². The Morgan fingerprint density at radius 1 is 1.47 bits per heavy atom. The molecule has 4 atom stereocenters. The van der Waals surface area contributed by atoms with E-state index in [1.165, 1.54) is 18.4 Å². The Hall–Kier alpha value is -1.08. The molecular formula is C16H21N. The van der Waals surface area contributed by atoms with Crippen LogP contribution in [-0.4, -0.2) is 6.04 Å². The van der Waals surface area contributed by atoms with Crippen molar-refractivity contribution in [1.29, 1.82) is 0 Å². The quantitative estimate of drug-likeness (QED) is 0.788. The van der Waals surface area contributed by atoms with Crippen LogP contribution in [0.4, 0.5) is 0 Å². The molecule has 2 aliphatic rings. The van der Waals surface area contributed by atoms with Crippen LogP contribution < -0.4 is 5.73 Å². The maximum atomic E-state index is 6.34. The van der Waals surface area contributed by atoms with Crippen molar-refractivity contribution < 1.29 is 0 Å². The van der Waals surface area contributed by atoms with Gasteiger partial charge in [-0.05, 0) is 55.1 Å². The Kier molecular flexibility index (Phi) is 2.59. The second kappa shape index (κ2) is 3.99. The molecule has 1 saturated carbocycles. The summed E-state index contributed by atoms with van der Waals surface area (Å²) in [5.74, 6) is 2.30. The fraction of sp³-hybridized carbons (Fsp3) is 0.500. The predicted octanol–water partition coefficient (Wildman–Crippen LogP) is 3.26. The van der Waals surface area contributed by atoms with Gasteiger partial charge in [0.2, 0.25) is 0 Å². The van der Waals surface area contributed by atoms with E-state index in [0.29, 0.717) is 12.0 Å². The van der Waals surface area contributed by atoms with Gasteiger partial charge in [-0.15, -0.1) is 6.58 Å². The predicted molar refractivity (Wildman–Crippen MR) is 71.9 cm³/mol. The lowest BCUT2D eigenvalue weighted by Gasteiger charge is -2.13. The number of benzene rings is 1. The van der Waals surface area contributed by atoms with Crippen molar-refractivity contribution in [3.05, 3.63) is 47.5 Å². The molecule has 1 nitrogen and oxygen atoms in total. The lowest BCUT2D eigenvalue weighted by molar-refractivity contribution is 0.531. The third-order valence-electron chi connectivity index (χ3n) is 4.47. The average molecular weight is 227 g/mol. The maximum absolute atomic E-state index is 6.34. The zero-order valence-corrected chi connectivity index (χ0v) is 10.5. The summed E-state index contributed by atoms with van der Waals surface area (Å²) in [5.41, 5.74) is 10.7. The normalized spacial score (nSPS) is 31.3. The molecule has 0 heterocycles. The number of rotatable bonds is 3. The fourth-order valence-corrected chi connectivity index (χ4v) is 3.74. The molecular weight excluding hydrogens is 206 g/mol. The van der Waals surface area contributed by atoms with Gasteiger partial charge in [-0.25, -0.2) is 0 Å². The molecule has 1 fully saturated rings. The number of fused-ring (bicyclic) bond motifs is 3. The van der Waals surface area contributed by atoms with E-state index in [2.05, 4.69) is 37.8 Å². The topological polar surface area (TPSA) is 26.0 Å². The maximum Gasteiger partial charge on any atom is 0.0113 e. The molecule has 0 bridgehead atoms. The van der Waals surface area contributed by atoms with Gasteiger partial charge in [0.05, 0.1) is 0 Å². The second-order valence-electron chi connectivity index (χ2n) is 5.83. The van der Waals surface area contributed by atoms with Gasteiger partial charge < -0.3 is 5.73 Å². The summed E-state index contributed by atoms with van der Waals surface area (Å²) < 4.78 is 0. The van der Waals surface area contributed by atoms with E-state index in [-0.39, 0.29) is 0 Å². The van der Waals surface area contributed by atoms with E-state index in [0.717, 1.165) is 18.3 Å². The van der Waals surface area contributed by atoms with Crippen LogP contribution in [0.2, 0.25) is 0 Å². The molecule has 0 aliphatic heterocycles. The van der Waals surface area contributed by atoms with Crippen molar-refractivity contribution in [3.63, 3.8) is 0 Å². The minimum Gasteiger partial charge on any atom is -0.327 e. The van der Waals surface area contributed by atoms with E-state index in [4.69, 9.17) is 5.73 Å². The van der Waals surface area contributed by atoms with E-state index < -0.39 is 0 Å². The molecule has 90 valence electrons. The summed E-state index contributed by atoms with van der Waals surface area (Å²) in [6.45, 7) is 6.07. The van der Waals surface area contributed by atoms with Crippen LogP contribution in [0.5, 0.6) is 0 Å². The third-order valence-corrected chi connectivity index (χ3v) is 4.47. The summed E-state index contributed by atoms with van der Waals surface area (Å²) in [4.78, 5) is 0. The molecule has 0 amide bonds. The van der Waals surface area contributed by atoms with Gasteiger partial charge in [0.15, 0.2) is 0 Å². The highest BCUT2D eigenvalue weighted by Crippen LogP contribution is 2.61. The Balaban J connectivity index is 1.80. The first kappa shape index (κ1) is 11.0. The van der Waals surface area contributed by atoms with Gasteiger partial charge in [-0.3, -0.25) is 0 Å². The Bertz CT molecular complexity index is 449. The van der Waals surface area contributed by atoms with E-state index in [1.807, 2.05) is 0 Å². The van der Waals surface area contributed by atoms with Gasteiger partial charge in [-0.2, -0.15) is 0 Å². The van der Waals surface area contributed by atoms with Crippen LogP contribution in [0.15, 0.2) is 36.4 Å². The molecule has 0 radical (unpaired) electrons. The molecule has 0 saturated heterocycles. The molecule has 2 N–H and O–H groups in total. The number of hydrogen-bond acceptors (Lipinski definition) is 1. The fourth-order valence-electron chi connectivity index (χ4n) is 3.74. The van der Waals surface area contributed by atoms with Gasteiger partial charge in [0.1, 0.15) is 0 Å². The van der Waals surface area contributed by atoms with Crippen LogP contribution in [-0.2, 0) is 6.42 Å². The Labute approximate surface area is 104 Å². The molecule has 1 aromatic carbocycles. The van der Waals surface area contributed by atoms with Crippen LogP contribution in [0.3, 0.4) is 0 Å². The van der Waals surface area contributed by atoms with Crippen molar-refractivity contribution in [2.45, 2.75) is 38.1 Å².